The van der Waals surface area contributed by atoms with Crippen molar-refractivity contribution >= 4 is 32.7 Å². The van der Waals surface area contributed by atoms with Crippen LogP contribution in [-0.4, -0.2) is 23.4 Å². The molecule has 0 spiro atoms. The number of halogens is 1. The molecule has 66 valence electrons. The maximum atomic E-state index is 4.65. The molecule has 1 saturated heterocycles. The topological polar surface area (TPSA) is 41.9 Å². The molecule has 1 aromatic carbocycles. The molecule has 0 amide bonds. The monoisotopic (exact) mass is 239 g/mol. The van der Waals surface area contributed by atoms with Gasteiger partial charge in [-0.2, -0.15) is 0 Å². The van der Waals surface area contributed by atoms with Crippen LogP contribution in [0, 0.1) is 0 Å². The maximum absolute atomic E-state index is 4.65. The molecule has 3 rings (SSSR count). The van der Waals surface area contributed by atoms with Crippen molar-refractivity contribution in [3.05, 3.63) is 16.6 Å². The molecule has 0 bridgehead atoms. The van der Waals surface area contributed by atoms with Crippen molar-refractivity contribution in [1.29, 1.82) is 0 Å². The normalized spacial score (nSPS) is 15.3. The molecule has 0 saturated carbocycles. The third-order valence-electron chi connectivity index (χ3n) is 2.11. The lowest BCUT2D eigenvalue weighted by Crippen LogP contribution is -1.90. The Morgan fingerprint density at radius 2 is 2.15 bits per heavy atom. The van der Waals surface area contributed by atoms with Gasteiger partial charge in [-0.05, 0) is 38.4 Å². The van der Waals surface area contributed by atoms with E-state index in [1.165, 1.54) is 5.69 Å². The van der Waals surface area contributed by atoms with Crippen molar-refractivity contribution in [3.63, 3.8) is 0 Å². The van der Waals surface area contributed by atoms with E-state index in [0.717, 1.165) is 28.6 Å². The zero-order chi connectivity index (χ0) is 8.84. The van der Waals surface area contributed by atoms with Crippen molar-refractivity contribution in [1.82, 2.24) is 10.3 Å². The molecule has 1 aliphatic heterocycles. The molecule has 0 aliphatic carbocycles. The van der Waals surface area contributed by atoms with E-state index in [1.54, 1.807) is 0 Å². The number of hydrogen-bond acceptors (Lipinski definition) is 4. The third kappa shape index (κ3) is 1.11. The highest BCUT2D eigenvalue weighted by atomic mass is 79.9. The zero-order valence-electron chi connectivity index (χ0n) is 6.70. The number of anilines is 1. The molecule has 0 unspecified atom stereocenters. The summed E-state index contributed by atoms with van der Waals surface area (Å²) in [7, 11) is 0. The Morgan fingerprint density at radius 1 is 1.31 bits per heavy atom. The van der Waals surface area contributed by atoms with E-state index in [0.29, 0.717) is 0 Å². The van der Waals surface area contributed by atoms with Gasteiger partial charge in [-0.15, -0.1) is 0 Å². The Kier molecular flexibility index (Phi) is 1.38. The average molecular weight is 240 g/mol. The second kappa shape index (κ2) is 2.45. The first-order chi connectivity index (χ1) is 6.34. The van der Waals surface area contributed by atoms with Gasteiger partial charge >= 0.3 is 0 Å². The summed E-state index contributed by atoms with van der Waals surface area (Å²) >= 11 is 3.43. The van der Waals surface area contributed by atoms with E-state index in [4.69, 9.17) is 0 Å². The van der Waals surface area contributed by atoms with Gasteiger partial charge in [-0.25, -0.2) is 4.63 Å². The van der Waals surface area contributed by atoms with Crippen LogP contribution in [0.3, 0.4) is 0 Å². The van der Waals surface area contributed by atoms with Gasteiger partial charge in [-0.1, -0.05) is 0 Å². The number of fused-ring (bicyclic) bond motifs is 1. The minimum Gasteiger partial charge on any atom is -0.368 e. The van der Waals surface area contributed by atoms with E-state index >= 15 is 0 Å². The zero-order valence-corrected chi connectivity index (χ0v) is 8.28. The summed E-state index contributed by atoms with van der Waals surface area (Å²) in [4.78, 5) is 2.25. The van der Waals surface area contributed by atoms with Gasteiger partial charge in [0.1, 0.15) is 11.0 Å². The highest BCUT2D eigenvalue weighted by Crippen LogP contribution is 2.30. The van der Waals surface area contributed by atoms with Crippen molar-refractivity contribution in [3.8, 4) is 0 Å². The Hall–Kier alpha value is -1.10. The van der Waals surface area contributed by atoms with Crippen molar-refractivity contribution < 1.29 is 4.63 Å². The fraction of sp³-hybridized carbons (Fsp3) is 0.250. The van der Waals surface area contributed by atoms with E-state index in [2.05, 4.69) is 35.8 Å². The van der Waals surface area contributed by atoms with Crippen LogP contribution in [0.15, 0.2) is 21.2 Å². The highest BCUT2D eigenvalue weighted by Gasteiger charge is 2.20. The van der Waals surface area contributed by atoms with Crippen LogP contribution in [0.25, 0.3) is 11.0 Å². The molecule has 0 atom stereocenters. The molecule has 5 heteroatoms. The third-order valence-corrected chi connectivity index (χ3v) is 2.72. The van der Waals surface area contributed by atoms with Gasteiger partial charge in [0.2, 0.25) is 0 Å². The molecule has 1 fully saturated rings. The van der Waals surface area contributed by atoms with Crippen LogP contribution in [0.1, 0.15) is 0 Å². The smallest absolute Gasteiger partial charge is 0.149 e. The number of hydrogen-bond donors (Lipinski definition) is 0. The lowest BCUT2D eigenvalue weighted by molar-refractivity contribution is 0.315. The molecule has 1 aliphatic rings. The van der Waals surface area contributed by atoms with E-state index in [1.807, 2.05) is 12.1 Å². The molecule has 0 radical (unpaired) electrons. The van der Waals surface area contributed by atoms with Crippen LogP contribution < -0.4 is 4.90 Å². The van der Waals surface area contributed by atoms with E-state index in [-0.39, 0.29) is 0 Å². The molecule has 4 nitrogen and oxygen atoms in total. The fourth-order valence-electron chi connectivity index (χ4n) is 1.33. The molecule has 1 aromatic heterocycles. The summed E-state index contributed by atoms with van der Waals surface area (Å²) in [6, 6.07) is 4.03. The lowest BCUT2D eigenvalue weighted by Gasteiger charge is -2.01. The predicted molar refractivity (Wildman–Crippen MR) is 51.7 cm³/mol. The number of nitrogens with zero attached hydrogens (tertiary/aromatic N) is 3. The Bertz CT molecular complexity index is 463. The quantitative estimate of drug-likeness (QED) is 0.713. The van der Waals surface area contributed by atoms with Crippen LogP contribution >= 0.6 is 15.9 Å². The number of benzene rings is 1. The van der Waals surface area contributed by atoms with Gasteiger partial charge in [0.05, 0.1) is 4.47 Å². The lowest BCUT2D eigenvalue weighted by atomic mass is 10.3. The molecule has 2 heterocycles. The Morgan fingerprint density at radius 3 is 2.92 bits per heavy atom. The largest absolute Gasteiger partial charge is 0.368 e. The maximum Gasteiger partial charge on any atom is 0.149 e. The van der Waals surface area contributed by atoms with E-state index < -0.39 is 0 Å². The van der Waals surface area contributed by atoms with Crippen LogP contribution in [0.4, 0.5) is 5.69 Å². The first kappa shape index (κ1) is 7.32. The highest BCUT2D eigenvalue weighted by molar-refractivity contribution is 9.10. The average Bonchev–Trinajstić information content (AvgIpc) is 2.85. The van der Waals surface area contributed by atoms with Gasteiger partial charge < -0.3 is 4.90 Å². The second-order valence-corrected chi connectivity index (χ2v) is 3.90. The van der Waals surface area contributed by atoms with Gasteiger partial charge in [0.25, 0.3) is 0 Å². The fourth-order valence-corrected chi connectivity index (χ4v) is 1.84. The summed E-state index contributed by atoms with van der Waals surface area (Å²) in [6.07, 6.45) is 0. The summed E-state index contributed by atoms with van der Waals surface area (Å²) in [6.45, 7) is 2.26. The summed E-state index contributed by atoms with van der Waals surface area (Å²) < 4.78 is 5.59. The number of rotatable bonds is 1. The van der Waals surface area contributed by atoms with E-state index in [9.17, 15) is 0 Å². The standard InChI is InChI=1S/C8H6BrN3O/c9-6-3-5(12-1-2-12)4-7-8(6)11-13-10-7/h3-4H,1-2H2. The molecule has 2 aromatic rings. The SMILES string of the molecule is Brc1cc(N2CC2)cc2nonc12. The minimum atomic E-state index is 0.783. The van der Waals surface area contributed by atoms with Crippen molar-refractivity contribution in [2.24, 2.45) is 0 Å². The summed E-state index contributed by atoms with van der Waals surface area (Å²) in [5.74, 6) is 0. The molecular weight excluding hydrogens is 234 g/mol. The van der Waals surface area contributed by atoms with Gasteiger partial charge in [0, 0.05) is 18.8 Å². The molecular formula is C8H6BrN3O. The molecule has 0 N–H and O–H groups in total. The van der Waals surface area contributed by atoms with Crippen LogP contribution in [-0.2, 0) is 0 Å². The second-order valence-electron chi connectivity index (χ2n) is 3.05. The predicted octanol–water partition coefficient (Wildman–Crippen LogP) is 1.81. The van der Waals surface area contributed by atoms with Crippen molar-refractivity contribution in [2.45, 2.75) is 0 Å². The van der Waals surface area contributed by atoms with Crippen molar-refractivity contribution in [2.75, 3.05) is 18.0 Å². The first-order valence-electron chi connectivity index (χ1n) is 4.01. The number of aromatic nitrogens is 2. The molecule has 13 heavy (non-hydrogen) atoms. The van der Waals surface area contributed by atoms with Gasteiger partial charge in [-0.3, -0.25) is 0 Å². The van der Waals surface area contributed by atoms with Crippen LogP contribution in [0.2, 0.25) is 0 Å². The minimum absolute atomic E-state index is 0.783. The first-order valence-corrected chi connectivity index (χ1v) is 4.81. The van der Waals surface area contributed by atoms with Gasteiger partial charge in [0.15, 0.2) is 0 Å². The Labute approximate surface area is 82.6 Å². The summed E-state index contributed by atoms with van der Waals surface area (Å²) in [5.41, 5.74) is 2.76. The Balaban J connectivity index is 2.27. The summed E-state index contributed by atoms with van der Waals surface area (Å²) in [5, 5.41) is 7.60. The van der Waals surface area contributed by atoms with Crippen LogP contribution in [0.5, 0.6) is 0 Å².